The van der Waals surface area contributed by atoms with Crippen LogP contribution in [0.4, 0.5) is 0 Å². The summed E-state index contributed by atoms with van der Waals surface area (Å²) in [6.07, 6.45) is 4.09. The Kier molecular flexibility index (Phi) is 3.70. The Labute approximate surface area is 126 Å². The van der Waals surface area contributed by atoms with Crippen LogP contribution in [0.2, 0.25) is 0 Å². The first-order chi connectivity index (χ1) is 9.74. The molecule has 3 heteroatoms. The number of fused-ring (bicyclic) bond motifs is 1. The van der Waals surface area contributed by atoms with Crippen molar-refractivity contribution >= 4 is 27.8 Å². The quantitative estimate of drug-likeness (QED) is 0.775. The van der Waals surface area contributed by atoms with Gasteiger partial charge in [-0.3, -0.25) is 4.79 Å². The van der Waals surface area contributed by atoms with E-state index < -0.39 is 0 Å². The third-order valence-corrected chi connectivity index (χ3v) is 3.94. The van der Waals surface area contributed by atoms with Crippen LogP contribution in [0.25, 0.3) is 6.08 Å². The number of halogens is 1. The highest BCUT2D eigenvalue weighted by Crippen LogP contribution is 2.32. The van der Waals surface area contributed by atoms with Crippen molar-refractivity contribution < 1.29 is 9.53 Å². The maximum atomic E-state index is 12.2. The molecule has 0 aliphatic carbocycles. The molecule has 0 saturated heterocycles. The van der Waals surface area contributed by atoms with Gasteiger partial charge in [0.1, 0.15) is 11.9 Å². The number of benzene rings is 2. The summed E-state index contributed by atoms with van der Waals surface area (Å²) in [5, 5.41) is 0. The molecule has 0 bridgehead atoms. The van der Waals surface area contributed by atoms with Gasteiger partial charge in [-0.15, -0.1) is 0 Å². The highest BCUT2D eigenvalue weighted by molar-refractivity contribution is 9.10. The van der Waals surface area contributed by atoms with E-state index >= 15 is 0 Å². The first-order valence-corrected chi connectivity index (χ1v) is 7.25. The van der Waals surface area contributed by atoms with Crippen LogP contribution in [0.5, 0.6) is 5.75 Å². The molecule has 100 valence electrons. The van der Waals surface area contributed by atoms with Crippen molar-refractivity contribution in [1.82, 2.24) is 0 Å². The van der Waals surface area contributed by atoms with E-state index in [0.29, 0.717) is 6.42 Å². The monoisotopic (exact) mass is 328 g/mol. The van der Waals surface area contributed by atoms with Crippen LogP contribution in [-0.4, -0.2) is 11.9 Å². The Bertz CT molecular complexity index is 662. The van der Waals surface area contributed by atoms with Crippen LogP contribution >= 0.6 is 15.9 Å². The summed E-state index contributed by atoms with van der Waals surface area (Å²) in [7, 11) is 0. The summed E-state index contributed by atoms with van der Waals surface area (Å²) < 4.78 is 6.87. The van der Waals surface area contributed by atoms with Gasteiger partial charge in [0.25, 0.3) is 0 Å². The van der Waals surface area contributed by atoms with Gasteiger partial charge < -0.3 is 4.74 Å². The van der Waals surface area contributed by atoms with Gasteiger partial charge in [0.2, 0.25) is 0 Å². The highest BCUT2D eigenvalue weighted by atomic mass is 79.9. The van der Waals surface area contributed by atoms with E-state index in [0.717, 1.165) is 21.3 Å². The van der Waals surface area contributed by atoms with Crippen molar-refractivity contribution in [1.29, 1.82) is 0 Å². The highest BCUT2D eigenvalue weighted by Gasteiger charge is 2.19. The zero-order valence-corrected chi connectivity index (χ0v) is 12.3. The number of ether oxygens (including phenoxy) is 1. The van der Waals surface area contributed by atoms with E-state index in [4.69, 9.17) is 4.74 Å². The molecule has 0 fully saturated rings. The van der Waals surface area contributed by atoms with Gasteiger partial charge in [0, 0.05) is 15.6 Å². The molecule has 0 amide bonds. The summed E-state index contributed by atoms with van der Waals surface area (Å²) in [5.41, 5.74) is 1.75. The summed E-state index contributed by atoms with van der Waals surface area (Å²) in [5.74, 6) is 0.909. The Morgan fingerprint density at radius 3 is 2.70 bits per heavy atom. The van der Waals surface area contributed by atoms with E-state index in [9.17, 15) is 4.79 Å². The molecule has 0 N–H and O–H groups in total. The average Bonchev–Trinajstić information content (AvgIpc) is 2.48. The van der Waals surface area contributed by atoms with Gasteiger partial charge in [-0.1, -0.05) is 58.4 Å². The molecule has 0 spiro atoms. The van der Waals surface area contributed by atoms with Crippen molar-refractivity contribution in [3.63, 3.8) is 0 Å². The van der Waals surface area contributed by atoms with Crippen LogP contribution < -0.4 is 4.74 Å². The minimum atomic E-state index is -0.204. The number of hydrogen-bond acceptors (Lipinski definition) is 2. The molecule has 1 atom stereocenters. The fourth-order valence-corrected chi connectivity index (χ4v) is 2.70. The number of ketones is 1. The maximum absolute atomic E-state index is 12.2. The van der Waals surface area contributed by atoms with Gasteiger partial charge in [0.15, 0.2) is 5.78 Å². The molecular formula is C17H13BrO2. The molecule has 20 heavy (non-hydrogen) atoms. The Morgan fingerprint density at radius 2 is 1.90 bits per heavy atom. The van der Waals surface area contributed by atoms with Crippen molar-refractivity contribution in [3.05, 3.63) is 70.2 Å². The lowest BCUT2D eigenvalue weighted by atomic mass is 10.0. The van der Waals surface area contributed by atoms with Gasteiger partial charge in [0.05, 0.1) is 6.42 Å². The molecule has 2 nitrogen and oxygen atoms in total. The lowest BCUT2D eigenvalue weighted by molar-refractivity contribution is 0.0935. The number of hydrogen-bond donors (Lipinski definition) is 0. The summed E-state index contributed by atoms with van der Waals surface area (Å²) in [6.45, 7) is 0. The van der Waals surface area contributed by atoms with Crippen molar-refractivity contribution in [2.24, 2.45) is 0 Å². The topological polar surface area (TPSA) is 26.3 Å². The van der Waals surface area contributed by atoms with E-state index in [1.54, 1.807) is 0 Å². The number of rotatable bonds is 3. The summed E-state index contributed by atoms with van der Waals surface area (Å²) in [4.78, 5) is 12.2. The molecule has 0 aromatic heterocycles. The number of Topliss-reactive ketones (excluding diaryl/α,β-unsaturated/α-hetero) is 1. The smallest absolute Gasteiger partial charge is 0.166 e. The fourth-order valence-electron chi connectivity index (χ4n) is 2.22. The average molecular weight is 329 g/mol. The maximum Gasteiger partial charge on any atom is 0.166 e. The standard InChI is InChI=1S/C17H13BrO2/c18-15-7-4-8-17-14(15)10-9-13(20-17)11-16(19)12-5-2-1-3-6-12/h1-10,13H,11H2. The first-order valence-electron chi connectivity index (χ1n) is 6.45. The second-order valence-electron chi connectivity index (χ2n) is 4.66. The van der Waals surface area contributed by atoms with E-state index in [1.807, 2.05) is 60.7 Å². The fraction of sp³-hybridized carbons (Fsp3) is 0.118. The van der Waals surface area contributed by atoms with Crippen LogP contribution in [-0.2, 0) is 0 Å². The summed E-state index contributed by atoms with van der Waals surface area (Å²) in [6, 6.07) is 15.1. The lowest BCUT2D eigenvalue weighted by Crippen LogP contribution is -2.21. The molecule has 2 aromatic rings. The Morgan fingerprint density at radius 1 is 1.10 bits per heavy atom. The van der Waals surface area contributed by atoms with Gasteiger partial charge in [-0.2, -0.15) is 0 Å². The molecule has 2 aromatic carbocycles. The van der Waals surface area contributed by atoms with Crippen molar-refractivity contribution in [3.8, 4) is 5.75 Å². The predicted molar refractivity (Wildman–Crippen MR) is 83.0 cm³/mol. The summed E-state index contributed by atoms with van der Waals surface area (Å²) >= 11 is 3.49. The van der Waals surface area contributed by atoms with E-state index in [2.05, 4.69) is 15.9 Å². The van der Waals surface area contributed by atoms with Crippen LogP contribution in [0.15, 0.2) is 59.1 Å². The normalized spacial score (nSPS) is 16.4. The molecule has 1 aliphatic heterocycles. The number of carbonyl (C=O) groups excluding carboxylic acids is 1. The number of carbonyl (C=O) groups is 1. The Hall–Kier alpha value is -1.87. The molecule has 1 heterocycles. The minimum absolute atomic E-state index is 0.0960. The SMILES string of the molecule is O=C(CC1C=Cc2c(Br)cccc2O1)c1ccccc1. The largest absolute Gasteiger partial charge is 0.485 e. The first kappa shape index (κ1) is 13.1. The molecule has 3 rings (SSSR count). The molecule has 0 saturated carbocycles. The van der Waals surface area contributed by atoms with E-state index in [1.165, 1.54) is 0 Å². The second kappa shape index (κ2) is 5.63. The van der Waals surface area contributed by atoms with Gasteiger partial charge >= 0.3 is 0 Å². The van der Waals surface area contributed by atoms with Crippen LogP contribution in [0.3, 0.4) is 0 Å². The Balaban J connectivity index is 1.75. The molecular weight excluding hydrogens is 316 g/mol. The zero-order chi connectivity index (χ0) is 13.9. The second-order valence-corrected chi connectivity index (χ2v) is 5.51. The minimum Gasteiger partial charge on any atom is -0.485 e. The lowest BCUT2D eigenvalue weighted by Gasteiger charge is -2.21. The molecule has 0 radical (unpaired) electrons. The van der Waals surface area contributed by atoms with Crippen molar-refractivity contribution in [2.45, 2.75) is 12.5 Å². The third-order valence-electron chi connectivity index (χ3n) is 3.25. The van der Waals surface area contributed by atoms with Gasteiger partial charge in [-0.25, -0.2) is 0 Å². The van der Waals surface area contributed by atoms with Crippen LogP contribution in [0, 0.1) is 0 Å². The predicted octanol–water partition coefficient (Wildman–Crippen LogP) is 4.50. The third kappa shape index (κ3) is 2.68. The van der Waals surface area contributed by atoms with Crippen LogP contribution in [0.1, 0.15) is 22.3 Å². The zero-order valence-electron chi connectivity index (χ0n) is 10.8. The van der Waals surface area contributed by atoms with E-state index in [-0.39, 0.29) is 11.9 Å². The molecule has 1 unspecified atom stereocenters. The molecule has 1 aliphatic rings. The van der Waals surface area contributed by atoms with Crippen molar-refractivity contribution in [2.75, 3.05) is 0 Å². The van der Waals surface area contributed by atoms with Gasteiger partial charge in [-0.05, 0) is 18.2 Å².